The highest BCUT2D eigenvalue weighted by Crippen LogP contribution is 2.21. The SMILES string of the molecule is CC(C(=O)Nc1cccc(CN(C)C(=O)C(F)(F)F)c1)C1CNC1. The molecule has 1 saturated heterocycles. The van der Waals surface area contributed by atoms with Crippen molar-refractivity contribution < 1.29 is 22.8 Å². The summed E-state index contributed by atoms with van der Waals surface area (Å²) in [7, 11) is 1.09. The van der Waals surface area contributed by atoms with Crippen molar-refractivity contribution in [2.75, 3.05) is 25.5 Å². The van der Waals surface area contributed by atoms with E-state index in [0.29, 0.717) is 22.1 Å². The number of carbonyl (C=O) groups excluding carboxylic acids is 2. The molecule has 0 saturated carbocycles. The van der Waals surface area contributed by atoms with E-state index < -0.39 is 12.1 Å². The quantitative estimate of drug-likeness (QED) is 0.860. The Morgan fingerprint density at radius 2 is 2.04 bits per heavy atom. The maximum absolute atomic E-state index is 12.4. The van der Waals surface area contributed by atoms with Gasteiger partial charge in [0.2, 0.25) is 5.91 Å². The number of hydrogen-bond acceptors (Lipinski definition) is 3. The van der Waals surface area contributed by atoms with E-state index in [1.165, 1.54) is 0 Å². The molecule has 5 nitrogen and oxygen atoms in total. The minimum atomic E-state index is -4.90. The van der Waals surface area contributed by atoms with Gasteiger partial charge in [-0.1, -0.05) is 19.1 Å². The lowest BCUT2D eigenvalue weighted by Crippen LogP contribution is -2.48. The van der Waals surface area contributed by atoms with Crippen molar-refractivity contribution in [3.8, 4) is 0 Å². The van der Waals surface area contributed by atoms with Gasteiger partial charge in [0.25, 0.3) is 0 Å². The van der Waals surface area contributed by atoms with Crippen molar-refractivity contribution in [2.24, 2.45) is 11.8 Å². The van der Waals surface area contributed by atoms with Gasteiger partial charge in [-0.25, -0.2) is 0 Å². The molecule has 8 heteroatoms. The van der Waals surface area contributed by atoms with Crippen molar-refractivity contribution in [1.82, 2.24) is 10.2 Å². The third-order valence-corrected chi connectivity index (χ3v) is 4.14. The second-order valence-corrected chi connectivity index (χ2v) is 6.06. The number of amides is 2. The highest BCUT2D eigenvalue weighted by atomic mass is 19.4. The smallest absolute Gasteiger partial charge is 0.334 e. The minimum absolute atomic E-state index is 0.127. The Balaban J connectivity index is 1.98. The van der Waals surface area contributed by atoms with Crippen molar-refractivity contribution in [3.63, 3.8) is 0 Å². The van der Waals surface area contributed by atoms with E-state index in [2.05, 4.69) is 10.6 Å². The Hall–Kier alpha value is -2.09. The number of nitrogens with one attached hydrogen (secondary N) is 2. The van der Waals surface area contributed by atoms with Crippen LogP contribution in [0.1, 0.15) is 12.5 Å². The third kappa shape index (κ3) is 4.47. The summed E-state index contributed by atoms with van der Waals surface area (Å²) in [6.07, 6.45) is -4.90. The Kier molecular flexibility index (Phi) is 5.48. The lowest BCUT2D eigenvalue weighted by molar-refractivity contribution is -0.184. The van der Waals surface area contributed by atoms with Gasteiger partial charge in [-0.3, -0.25) is 9.59 Å². The maximum atomic E-state index is 12.4. The summed E-state index contributed by atoms with van der Waals surface area (Å²) in [5, 5.41) is 5.88. The maximum Gasteiger partial charge on any atom is 0.471 e. The topological polar surface area (TPSA) is 61.4 Å². The fourth-order valence-electron chi connectivity index (χ4n) is 2.44. The van der Waals surface area contributed by atoms with Gasteiger partial charge in [-0.15, -0.1) is 0 Å². The van der Waals surface area contributed by atoms with Gasteiger partial charge in [-0.05, 0) is 36.7 Å². The summed E-state index contributed by atoms with van der Waals surface area (Å²) in [5.74, 6) is -1.88. The lowest BCUT2D eigenvalue weighted by Gasteiger charge is -2.31. The van der Waals surface area contributed by atoms with Crippen molar-refractivity contribution in [1.29, 1.82) is 0 Å². The van der Waals surface area contributed by atoms with E-state index >= 15 is 0 Å². The average Bonchev–Trinajstić information content (AvgIpc) is 2.43. The molecule has 1 fully saturated rings. The fraction of sp³-hybridized carbons (Fsp3) is 0.500. The molecule has 2 rings (SSSR count). The molecular formula is C16H20F3N3O2. The molecule has 1 unspecified atom stereocenters. The Morgan fingerprint density at radius 1 is 1.38 bits per heavy atom. The van der Waals surface area contributed by atoms with E-state index in [1.54, 1.807) is 24.3 Å². The molecule has 1 heterocycles. The highest BCUT2D eigenvalue weighted by molar-refractivity contribution is 5.92. The van der Waals surface area contributed by atoms with Crippen LogP contribution in [0.25, 0.3) is 0 Å². The number of nitrogens with zero attached hydrogens (tertiary/aromatic N) is 1. The van der Waals surface area contributed by atoms with E-state index in [9.17, 15) is 22.8 Å². The molecule has 1 aliphatic rings. The van der Waals surface area contributed by atoms with Crippen molar-refractivity contribution >= 4 is 17.5 Å². The largest absolute Gasteiger partial charge is 0.471 e. The summed E-state index contributed by atoms with van der Waals surface area (Å²) in [6.45, 7) is 3.27. The summed E-state index contributed by atoms with van der Waals surface area (Å²) >= 11 is 0. The Labute approximate surface area is 138 Å². The number of hydrogen-bond donors (Lipinski definition) is 2. The summed E-state index contributed by atoms with van der Waals surface area (Å²) < 4.78 is 37.2. The van der Waals surface area contributed by atoms with Crippen LogP contribution in [0.15, 0.2) is 24.3 Å². The molecule has 1 aromatic carbocycles. The molecule has 0 radical (unpaired) electrons. The highest BCUT2D eigenvalue weighted by Gasteiger charge is 2.41. The van der Waals surface area contributed by atoms with Gasteiger partial charge in [-0.2, -0.15) is 13.2 Å². The van der Waals surface area contributed by atoms with Crippen LogP contribution in [0.4, 0.5) is 18.9 Å². The van der Waals surface area contributed by atoms with Crippen LogP contribution in [-0.2, 0) is 16.1 Å². The standard InChI is InChI=1S/C16H20F3N3O2/c1-10(12-7-20-8-12)14(23)21-13-5-3-4-11(6-13)9-22(2)15(24)16(17,18)19/h3-6,10,12,20H,7-9H2,1-2H3,(H,21,23). The number of halogens is 3. The third-order valence-electron chi connectivity index (χ3n) is 4.14. The number of anilines is 1. The van der Waals surface area contributed by atoms with E-state index in [4.69, 9.17) is 0 Å². The van der Waals surface area contributed by atoms with Gasteiger partial charge >= 0.3 is 12.1 Å². The van der Waals surface area contributed by atoms with Gasteiger partial charge < -0.3 is 15.5 Å². The van der Waals surface area contributed by atoms with Gasteiger partial charge in [0.1, 0.15) is 0 Å². The van der Waals surface area contributed by atoms with Crippen LogP contribution in [0, 0.1) is 11.8 Å². The molecule has 1 aromatic rings. The molecule has 0 aliphatic carbocycles. The van der Waals surface area contributed by atoms with E-state index in [1.807, 2.05) is 6.92 Å². The number of benzene rings is 1. The summed E-state index contributed by atoms with van der Waals surface area (Å²) in [4.78, 5) is 23.9. The Morgan fingerprint density at radius 3 is 2.58 bits per heavy atom. The van der Waals surface area contributed by atoms with Crippen LogP contribution < -0.4 is 10.6 Å². The second-order valence-electron chi connectivity index (χ2n) is 6.06. The second kappa shape index (κ2) is 7.21. The van der Waals surface area contributed by atoms with Gasteiger partial charge in [0.15, 0.2) is 0 Å². The van der Waals surface area contributed by atoms with Gasteiger partial charge in [0, 0.05) is 25.2 Å². The van der Waals surface area contributed by atoms with Crippen molar-refractivity contribution in [3.05, 3.63) is 29.8 Å². The summed E-state index contributed by atoms with van der Waals surface area (Å²) in [5.41, 5.74) is 1.01. The monoisotopic (exact) mass is 343 g/mol. The van der Waals surface area contributed by atoms with Crippen LogP contribution in [0.2, 0.25) is 0 Å². The molecule has 2 amide bonds. The first-order valence-corrected chi connectivity index (χ1v) is 7.61. The van der Waals surface area contributed by atoms with Crippen LogP contribution in [0.5, 0.6) is 0 Å². The molecule has 24 heavy (non-hydrogen) atoms. The first kappa shape index (κ1) is 18.3. The minimum Gasteiger partial charge on any atom is -0.334 e. The average molecular weight is 343 g/mol. The van der Waals surface area contributed by atoms with E-state index in [-0.39, 0.29) is 18.4 Å². The van der Waals surface area contributed by atoms with Crippen LogP contribution >= 0.6 is 0 Å². The lowest BCUT2D eigenvalue weighted by atomic mass is 9.88. The molecule has 0 bridgehead atoms. The molecule has 0 spiro atoms. The predicted molar refractivity (Wildman–Crippen MR) is 83.1 cm³/mol. The normalized spacial score (nSPS) is 16.2. The fourth-order valence-corrected chi connectivity index (χ4v) is 2.44. The molecule has 1 atom stereocenters. The zero-order valence-corrected chi connectivity index (χ0v) is 13.5. The van der Waals surface area contributed by atoms with Gasteiger partial charge in [0.05, 0.1) is 0 Å². The summed E-state index contributed by atoms with van der Waals surface area (Å²) in [6, 6.07) is 6.48. The zero-order chi connectivity index (χ0) is 17.9. The molecule has 2 N–H and O–H groups in total. The molecular weight excluding hydrogens is 323 g/mol. The van der Waals surface area contributed by atoms with E-state index in [0.717, 1.165) is 20.1 Å². The van der Waals surface area contributed by atoms with Crippen LogP contribution in [-0.4, -0.2) is 43.0 Å². The predicted octanol–water partition coefficient (Wildman–Crippen LogP) is 2.00. The van der Waals surface area contributed by atoms with Crippen molar-refractivity contribution in [2.45, 2.75) is 19.6 Å². The first-order chi connectivity index (χ1) is 11.2. The molecule has 132 valence electrons. The number of carbonyl (C=O) groups is 2. The van der Waals surface area contributed by atoms with Crippen LogP contribution in [0.3, 0.4) is 0 Å². The first-order valence-electron chi connectivity index (χ1n) is 7.61. The molecule has 0 aromatic heterocycles. The number of alkyl halides is 3. The molecule has 1 aliphatic heterocycles. The number of rotatable bonds is 5. The Bertz CT molecular complexity index is 615. The zero-order valence-electron chi connectivity index (χ0n) is 13.5.